The topological polar surface area (TPSA) is 62.7 Å². The average Bonchev–Trinajstić information content (AvgIpc) is 3.37. The summed E-state index contributed by atoms with van der Waals surface area (Å²) in [5.74, 6) is 0.504. The Balaban J connectivity index is 1.33. The van der Waals surface area contributed by atoms with Crippen LogP contribution in [0.4, 0.5) is 5.82 Å². The van der Waals surface area contributed by atoms with Crippen molar-refractivity contribution in [2.45, 2.75) is 12.8 Å². The lowest BCUT2D eigenvalue weighted by molar-refractivity contribution is -0.116. The Morgan fingerprint density at radius 3 is 2.44 bits per heavy atom. The molecule has 2 aromatic heterocycles. The summed E-state index contributed by atoms with van der Waals surface area (Å²) in [6, 6.07) is 25.8. The zero-order chi connectivity index (χ0) is 18.5. The number of amides is 1. The van der Waals surface area contributed by atoms with Crippen LogP contribution >= 0.6 is 0 Å². The number of aromatic amines is 1. The highest BCUT2D eigenvalue weighted by Crippen LogP contribution is 2.18. The van der Waals surface area contributed by atoms with Crippen molar-refractivity contribution in [3.63, 3.8) is 0 Å². The first kappa shape index (κ1) is 16.8. The quantitative estimate of drug-likeness (QED) is 0.536. The van der Waals surface area contributed by atoms with Crippen molar-refractivity contribution < 1.29 is 4.79 Å². The van der Waals surface area contributed by atoms with Gasteiger partial charge >= 0.3 is 0 Å². The van der Waals surface area contributed by atoms with Gasteiger partial charge in [-0.1, -0.05) is 48.5 Å². The smallest absolute Gasteiger partial charge is 0.225 e. The first-order valence-electron chi connectivity index (χ1n) is 8.92. The standard InChI is InChI=1S/C22H20N4O/c27-22(24-21-15-16-26(25-21)19-9-5-2-6-10-19)14-12-18-11-13-20(23-18)17-7-3-1-4-8-17/h1-11,13,15-16,23H,12,14H2,(H,24,25,27). The second-order valence-corrected chi connectivity index (χ2v) is 6.29. The van der Waals surface area contributed by atoms with Gasteiger partial charge in [0.05, 0.1) is 5.69 Å². The van der Waals surface area contributed by atoms with E-state index in [9.17, 15) is 4.79 Å². The Hall–Kier alpha value is -3.60. The highest BCUT2D eigenvalue weighted by molar-refractivity contribution is 5.89. The summed E-state index contributed by atoms with van der Waals surface area (Å²) in [6.07, 6.45) is 2.88. The third-order valence-electron chi connectivity index (χ3n) is 4.33. The van der Waals surface area contributed by atoms with E-state index in [0.29, 0.717) is 18.7 Å². The average molecular weight is 356 g/mol. The number of para-hydroxylation sites is 1. The number of H-pyrrole nitrogens is 1. The molecule has 0 bridgehead atoms. The van der Waals surface area contributed by atoms with E-state index >= 15 is 0 Å². The fraction of sp³-hybridized carbons (Fsp3) is 0.0909. The molecule has 0 radical (unpaired) electrons. The zero-order valence-corrected chi connectivity index (χ0v) is 14.8. The van der Waals surface area contributed by atoms with Gasteiger partial charge in [0.1, 0.15) is 0 Å². The summed E-state index contributed by atoms with van der Waals surface area (Å²) in [7, 11) is 0. The highest BCUT2D eigenvalue weighted by Gasteiger charge is 2.08. The molecule has 0 spiro atoms. The van der Waals surface area contributed by atoms with Crippen molar-refractivity contribution >= 4 is 11.7 Å². The molecule has 4 aromatic rings. The Morgan fingerprint density at radius 1 is 0.926 bits per heavy atom. The van der Waals surface area contributed by atoms with Gasteiger partial charge in [-0.25, -0.2) is 4.68 Å². The third-order valence-corrected chi connectivity index (χ3v) is 4.33. The Kier molecular flexibility index (Phi) is 4.83. The maximum Gasteiger partial charge on any atom is 0.225 e. The van der Waals surface area contributed by atoms with Crippen LogP contribution in [-0.2, 0) is 11.2 Å². The minimum atomic E-state index is -0.0517. The van der Waals surface area contributed by atoms with Gasteiger partial charge in [0.2, 0.25) is 5.91 Å². The molecule has 0 unspecified atom stereocenters. The second kappa shape index (κ2) is 7.74. The first-order chi connectivity index (χ1) is 13.3. The van der Waals surface area contributed by atoms with Crippen LogP contribution in [0.15, 0.2) is 85.1 Å². The van der Waals surface area contributed by atoms with Crippen LogP contribution in [0.2, 0.25) is 0 Å². The van der Waals surface area contributed by atoms with E-state index in [1.54, 1.807) is 10.7 Å². The molecule has 1 amide bonds. The number of rotatable bonds is 6. The lowest BCUT2D eigenvalue weighted by Crippen LogP contribution is -2.13. The number of hydrogen-bond acceptors (Lipinski definition) is 2. The molecule has 5 heteroatoms. The van der Waals surface area contributed by atoms with Crippen LogP contribution < -0.4 is 5.32 Å². The van der Waals surface area contributed by atoms with Gasteiger partial charge in [0, 0.05) is 30.1 Å². The summed E-state index contributed by atoms with van der Waals surface area (Å²) in [6.45, 7) is 0. The molecule has 0 fully saturated rings. The van der Waals surface area contributed by atoms with E-state index in [2.05, 4.69) is 27.5 Å². The predicted octanol–water partition coefficient (Wildman–Crippen LogP) is 4.44. The molecule has 0 saturated carbocycles. The van der Waals surface area contributed by atoms with Crippen molar-refractivity contribution in [3.8, 4) is 16.9 Å². The summed E-state index contributed by atoms with van der Waals surface area (Å²) >= 11 is 0. The number of carbonyl (C=O) groups is 1. The van der Waals surface area contributed by atoms with E-state index in [0.717, 1.165) is 22.6 Å². The van der Waals surface area contributed by atoms with Gasteiger partial charge in [-0.3, -0.25) is 4.79 Å². The molecule has 2 N–H and O–H groups in total. The number of aromatic nitrogens is 3. The Morgan fingerprint density at radius 2 is 1.67 bits per heavy atom. The van der Waals surface area contributed by atoms with Gasteiger partial charge in [-0.2, -0.15) is 5.10 Å². The molecular formula is C22H20N4O. The molecule has 27 heavy (non-hydrogen) atoms. The number of nitrogens with one attached hydrogen (secondary N) is 2. The number of nitrogens with zero attached hydrogens (tertiary/aromatic N) is 2. The fourth-order valence-electron chi connectivity index (χ4n) is 2.94. The van der Waals surface area contributed by atoms with Crippen molar-refractivity contribution in [1.29, 1.82) is 0 Å². The number of anilines is 1. The second-order valence-electron chi connectivity index (χ2n) is 6.29. The molecule has 0 aliphatic carbocycles. The van der Waals surface area contributed by atoms with E-state index < -0.39 is 0 Å². The molecule has 134 valence electrons. The number of benzene rings is 2. The van der Waals surface area contributed by atoms with Crippen LogP contribution in [0.5, 0.6) is 0 Å². The lowest BCUT2D eigenvalue weighted by atomic mass is 10.2. The SMILES string of the molecule is O=C(CCc1ccc(-c2ccccc2)[nH]1)Nc1ccn(-c2ccccc2)n1. The molecule has 4 rings (SSSR count). The number of aryl methyl sites for hydroxylation is 1. The molecular weight excluding hydrogens is 336 g/mol. The lowest BCUT2D eigenvalue weighted by Gasteiger charge is -2.03. The van der Waals surface area contributed by atoms with Crippen molar-refractivity contribution in [2.24, 2.45) is 0 Å². The van der Waals surface area contributed by atoms with Gasteiger partial charge in [0.25, 0.3) is 0 Å². The molecule has 0 saturated heterocycles. The van der Waals surface area contributed by atoms with Gasteiger partial charge in [-0.05, 0) is 36.2 Å². The van der Waals surface area contributed by atoms with E-state index in [4.69, 9.17) is 0 Å². The summed E-state index contributed by atoms with van der Waals surface area (Å²) in [5, 5.41) is 7.25. The Bertz CT molecular complexity index is 1020. The fourth-order valence-corrected chi connectivity index (χ4v) is 2.94. The van der Waals surface area contributed by atoms with Crippen LogP contribution in [-0.4, -0.2) is 20.7 Å². The van der Waals surface area contributed by atoms with Crippen LogP contribution in [0, 0.1) is 0 Å². The molecule has 0 atom stereocenters. The summed E-state index contributed by atoms with van der Waals surface area (Å²) in [5.41, 5.74) is 4.20. The van der Waals surface area contributed by atoms with E-state index in [1.165, 1.54) is 0 Å². The van der Waals surface area contributed by atoms with Crippen molar-refractivity contribution in [3.05, 3.63) is 90.8 Å². The monoisotopic (exact) mass is 356 g/mol. The summed E-state index contributed by atoms with van der Waals surface area (Å²) < 4.78 is 1.74. The van der Waals surface area contributed by atoms with Crippen LogP contribution in [0.25, 0.3) is 16.9 Å². The highest BCUT2D eigenvalue weighted by atomic mass is 16.1. The molecule has 0 aliphatic heterocycles. The van der Waals surface area contributed by atoms with Crippen LogP contribution in [0.1, 0.15) is 12.1 Å². The molecule has 2 aromatic carbocycles. The van der Waals surface area contributed by atoms with E-state index in [1.807, 2.05) is 66.9 Å². The minimum absolute atomic E-state index is 0.0517. The van der Waals surface area contributed by atoms with Gasteiger partial charge in [0.15, 0.2) is 5.82 Å². The molecule has 0 aliphatic rings. The normalized spacial score (nSPS) is 10.7. The van der Waals surface area contributed by atoms with Crippen molar-refractivity contribution in [1.82, 2.24) is 14.8 Å². The van der Waals surface area contributed by atoms with Crippen molar-refractivity contribution in [2.75, 3.05) is 5.32 Å². The predicted molar refractivity (Wildman–Crippen MR) is 107 cm³/mol. The maximum absolute atomic E-state index is 12.2. The van der Waals surface area contributed by atoms with Crippen LogP contribution in [0.3, 0.4) is 0 Å². The Labute approximate surface area is 157 Å². The number of hydrogen-bond donors (Lipinski definition) is 2. The first-order valence-corrected chi connectivity index (χ1v) is 8.92. The maximum atomic E-state index is 12.2. The van der Waals surface area contributed by atoms with Gasteiger partial charge in [-0.15, -0.1) is 0 Å². The molecule has 2 heterocycles. The molecule has 5 nitrogen and oxygen atoms in total. The number of carbonyl (C=O) groups excluding carboxylic acids is 1. The minimum Gasteiger partial charge on any atom is -0.358 e. The van der Waals surface area contributed by atoms with E-state index in [-0.39, 0.29) is 5.91 Å². The third kappa shape index (κ3) is 4.15. The largest absolute Gasteiger partial charge is 0.358 e. The van der Waals surface area contributed by atoms with Gasteiger partial charge < -0.3 is 10.3 Å². The zero-order valence-electron chi connectivity index (χ0n) is 14.8. The summed E-state index contributed by atoms with van der Waals surface area (Å²) in [4.78, 5) is 15.6.